The third-order valence-corrected chi connectivity index (χ3v) is 14.0. The number of nitrogens with two attached hydrogens (primary N) is 4. The molecule has 0 heterocycles. The van der Waals surface area contributed by atoms with Gasteiger partial charge in [-0.05, 0) is 57.8 Å². The summed E-state index contributed by atoms with van der Waals surface area (Å²) in [4.78, 5) is 100. The second-order valence-corrected chi connectivity index (χ2v) is 23.2. The van der Waals surface area contributed by atoms with E-state index in [0.29, 0.717) is 216 Å². The largest absolute Gasteiger partial charge is 0.467 e. The van der Waals surface area contributed by atoms with Crippen LogP contribution in [0.1, 0.15) is 57.8 Å². The Morgan fingerprint density at radius 1 is 0.269 bits per heavy atom. The van der Waals surface area contributed by atoms with Gasteiger partial charge in [-0.3, -0.25) is 38.9 Å². The number of rotatable bonds is 86. The number of carbonyl (C=O) groups is 8. The fourth-order valence-corrected chi connectivity index (χ4v) is 8.72. The number of methoxy groups -OCH3 is 1. The van der Waals surface area contributed by atoms with E-state index in [4.69, 9.17) is 118 Å². The lowest BCUT2D eigenvalue weighted by Crippen LogP contribution is -2.48. The zero-order valence-electron chi connectivity index (χ0n) is 64.1. The summed E-state index contributed by atoms with van der Waals surface area (Å²) in [7, 11) is 1.23. The van der Waals surface area contributed by atoms with Gasteiger partial charge in [0.25, 0.3) is 0 Å². The summed E-state index contributed by atoms with van der Waals surface area (Å²) in [6.45, 7) is 12.2. The fraction of sp³-hybridized carbons (Fsp3) is 0.882. The van der Waals surface area contributed by atoms with Crippen LogP contribution in [0.3, 0.4) is 0 Å². The average Bonchev–Trinajstić information content (AvgIpc) is 0.931. The zero-order valence-corrected chi connectivity index (χ0v) is 64.1. The Bertz CT molecular complexity index is 2120. The lowest BCUT2D eigenvalue weighted by atomic mass is 10.1. The van der Waals surface area contributed by atoms with E-state index >= 15 is 0 Å². The molecule has 108 heavy (non-hydrogen) atoms. The number of ether oxygens (including phenoxy) is 20. The van der Waals surface area contributed by atoms with Gasteiger partial charge in [0.2, 0.25) is 41.4 Å². The minimum absolute atomic E-state index is 0.0825. The van der Waals surface area contributed by atoms with Gasteiger partial charge >= 0.3 is 5.97 Å². The highest BCUT2D eigenvalue weighted by Gasteiger charge is 2.23. The van der Waals surface area contributed by atoms with Gasteiger partial charge < -0.3 is 155 Å². The van der Waals surface area contributed by atoms with E-state index in [1.54, 1.807) is 0 Å². The summed E-state index contributed by atoms with van der Waals surface area (Å²) in [5, 5.41) is 22.6. The van der Waals surface area contributed by atoms with Gasteiger partial charge in [0.05, 0.1) is 225 Å². The van der Waals surface area contributed by atoms with Crippen molar-refractivity contribution >= 4 is 47.3 Å². The van der Waals surface area contributed by atoms with Crippen molar-refractivity contribution in [3.05, 3.63) is 0 Å². The molecule has 0 aromatic heterocycles. The molecule has 634 valence electrons. The summed E-state index contributed by atoms with van der Waals surface area (Å²) >= 11 is 0. The van der Waals surface area contributed by atoms with Crippen LogP contribution in [0.15, 0.2) is 0 Å². The van der Waals surface area contributed by atoms with Gasteiger partial charge in [0.15, 0.2) is 0 Å². The second kappa shape index (κ2) is 82.8. The smallest absolute Gasteiger partial charge is 0.328 e. The summed E-state index contributed by atoms with van der Waals surface area (Å²) < 4.78 is 108. The van der Waals surface area contributed by atoms with Gasteiger partial charge in [-0.25, -0.2) is 4.79 Å². The number of carbonyl (C=O) groups excluding carboxylic acids is 8. The Labute approximate surface area is 637 Å². The Balaban J connectivity index is 4.36. The van der Waals surface area contributed by atoms with Gasteiger partial charge in [-0.2, -0.15) is 0 Å². The van der Waals surface area contributed by atoms with Gasteiger partial charge in [-0.15, -0.1) is 0 Å². The number of hydrogen-bond acceptors (Lipinski definition) is 33. The fourth-order valence-electron chi connectivity index (χ4n) is 8.72. The maximum atomic E-state index is 13.2. The number of amides is 7. The Morgan fingerprint density at radius 2 is 0.546 bits per heavy atom. The molecule has 3 unspecified atom stereocenters. The van der Waals surface area contributed by atoms with Crippen molar-refractivity contribution in [2.24, 2.45) is 22.9 Å². The Hall–Kier alpha value is -5.20. The van der Waals surface area contributed by atoms with Crippen LogP contribution in [0.2, 0.25) is 0 Å². The van der Waals surface area contributed by atoms with Gasteiger partial charge in [-0.1, -0.05) is 0 Å². The molecule has 7 amide bonds. The lowest BCUT2D eigenvalue weighted by molar-refractivity contribution is -0.146. The molecule has 0 spiro atoms. The standard InChI is InChI=1S/C68H134N12O28/c1-89-68(88)60(80-66(86)56-107-49-43-100-36-30-94-24-18-73-57-108-50-58(78-64(84)54-105-47-41-98-34-28-92-22-13-71)8-2-5-15-74-61(81)51-102-44-38-96-32-26-90-20-11-69)10-4-7-17-76-63(83)53-104-46-40-101-37-31-95-25-19-77-67(87)59(79-65(85)55-106-48-42-99-35-29-93-23-14-72)9-3-6-16-75-62(82)52-103-45-39-97-33-27-91-21-12-70/h58-60,73H,2-57,69-72H2,1H3,(H,74,81)(H,75,82)(H,76,83)(H,77,87)(H,78,84)(H,79,85)(H,80,86). The molecule has 0 rings (SSSR count). The molecule has 16 N–H and O–H groups in total. The monoisotopic (exact) mass is 1570 g/mol. The molecule has 40 heteroatoms. The first-order valence-corrected chi connectivity index (χ1v) is 37.4. The Kier molecular flexibility index (Phi) is 78.8. The van der Waals surface area contributed by atoms with Crippen LogP contribution in [-0.4, -0.2) is 383 Å². The predicted molar refractivity (Wildman–Crippen MR) is 391 cm³/mol. The van der Waals surface area contributed by atoms with E-state index < -0.39 is 35.8 Å². The molecule has 0 aliphatic rings. The molecule has 0 bridgehead atoms. The second-order valence-electron chi connectivity index (χ2n) is 23.2. The zero-order chi connectivity index (χ0) is 78.7. The van der Waals surface area contributed by atoms with Crippen LogP contribution in [0.4, 0.5) is 0 Å². The molecule has 0 aromatic carbocycles. The van der Waals surface area contributed by atoms with E-state index in [1.807, 2.05) is 0 Å². The van der Waals surface area contributed by atoms with E-state index in [-0.39, 0.29) is 182 Å². The average molecular weight is 1570 g/mol. The molecule has 0 aliphatic carbocycles. The third-order valence-electron chi connectivity index (χ3n) is 14.0. The topological polar surface area (TPSA) is 521 Å². The molecule has 0 fully saturated rings. The highest BCUT2D eigenvalue weighted by molar-refractivity contribution is 5.88. The van der Waals surface area contributed by atoms with Crippen molar-refractivity contribution in [2.45, 2.75) is 75.9 Å². The molecule has 0 aromatic rings. The van der Waals surface area contributed by atoms with Crippen LogP contribution < -0.4 is 65.5 Å². The molecular formula is C68H134N12O28. The number of hydrogen-bond donors (Lipinski definition) is 12. The molecule has 0 aliphatic heterocycles. The van der Waals surface area contributed by atoms with Gasteiger partial charge in [0, 0.05) is 58.9 Å². The molecular weight excluding hydrogens is 1430 g/mol. The van der Waals surface area contributed by atoms with Crippen molar-refractivity contribution in [3.8, 4) is 0 Å². The highest BCUT2D eigenvalue weighted by atomic mass is 16.6. The van der Waals surface area contributed by atoms with Crippen molar-refractivity contribution in [1.29, 1.82) is 0 Å². The van der Waals surface area contributed by atoms with E-state index in [2.05, 4.69) is 42.5 Å². The highest BCUT2D eigenvalue weighted by Crippen LogP contribution is 2.06. The minimum atomic E-state index is -0.913. The van der Waals surface area contributed by atoms with Crippen LogP contribution in [-0.2, 0) is 133 Å². The lowest BCUT2D eigenvalue weighted by Gasteiger charge is -2.19. The third kappa shape index (κ3) is 74.9. The van der Waals surface area contributed by atoms with E-state index in [0.717, 1.165) is 0 Å². The molecule has 0 radical (unpaired) electrons. The number of esters is 1. The molecule has 40 nitrogen and oxygen atoms in total. The van der Waals surface area contributed by atoms with Crippen molar-refractivity contribution in [2.75, 3.05) is 317 Å². The van der Waals surface area contributed by atoms with Crippen LogP contribution in [0, 0.1) is 0 Å². The Morgan fingerprint density at radius 3 is 0.889 bits per heavy atom. The van der Waals surface area contributed by atoms with Crippen molar-refractivity contribution in [1.82, 2.24) is 42.5 Å². The number of nitrogens with one attached hydrogen (secondary N) is 8. The molecule has 0 saturated heterocycles. The maximum absolute atomic E-state index is 13.2. The minimum Gasteiger partial charge on any atom is -0.467 e. The summed E-state index contributed by atoms with van der Waals surface area (Å²) in [5.74, 6) is -3.18. The molecule has 3 atom stereocenters. The molecule has 0 saturated carbocycles. The number of unbranched alkanes of at least 4 members (excludes halogenated alkanes) is 3. The van der Waals surface area contributed by atoms with Crippen molar-refractivity contribution in [3.63, 3.8) is 0 Å². The van der Waals surface area contributed by atoms with Crippen LogP contribution >= 0.6 is 0 Å². The van der Waals surface area contributed by atoms with Crippen LogP contribution in [0.5, 0.6) is 0 Å². The van der Waals surface area contributed by atoms with Crippen molar-refractivity contribution < 1.29 is 133 Å². The van der Waals surface area contributed by atoms with Crippen LogP contribution in [0.25, 0.3) is 0 Å². The quantitative estimate of drug-likeness (QED) is 0.0153. The maximum Gasteiger partial charge on any atom is 0.328 e. The van der Waals surface area contributed by atoms with Gasteiger partial charge in [0.1, 0.15) is 51.7 Å². The first kappa shape index (κ1) is 103. The normalized spacial score (nSPS) is 12.2. The first-order chi connectivity index (χ1) is 52.9. The summed E-state index contributed by atoms with van der Waals surface area (Å²) in [5.41, 5.74) is 21.6. The summed E-state index contributed by atoms with van der Waals surface area (Å²) in [6, 6.07) is -2.09. The van der Waals surface area contributed by atoms with E-state index in [1.165, 1.54) is 7.11 Å². The first-order valence-electron chi connectivity index (χ1n) is 37.4. The van der Waals surface area contributed by atoms with E-state index in [9.17, 15) is 38.4 Å². The summed E-state index contributed by atoms with van der Waals surface area (Å²) in [6.07, 6.45) is 4.57. The SMILES string of the molecule is COC(=O)C(CCCCNC(=O)COCCOCCOCCNC(=O)C(CCCCNC(=O)COCCOCCOCCN)NC(=O)COCCOCCOCCN)NC(=O)COCCOCCOCCNCOCC(CCCCNC(=O)COCCOCCOCCN)NC(=O)COCCOCCOCCN. The predicted octanol–water partition coefficient (Wildman–Crippen LogP) is -5.71.